The van der Waals surface area contributed by atoms with Crippen LogP contribution in [0.1, 0.15) is 16.7 Å². The van der Waals surface area contributed by atoms with Gasteiger partial charge in [-0.25, -0.2) is 5.43 Å². The predicted octanol–water partition coefficient (Wildman–Crippen LogP) is 6.36. The Labute approximate surface area is 178 Å². The van der Waals surface area contributed by atoms with Crippen LogP contribution in [0.2, 0.25) is 5.02 Å². The maximum atomic E-state index is 13.2. The molecule has 168 valence electrons. The monoisotopic (exact) mass is 468 g/mol. The second-order valence-electron chi connectivity index (χ2n) is 6.29. The van der Waals surface area contributed by atoms with Crippen molar-refractivity contribution >= 4 is 17.8 Å². The summed E-state index contributed by atoms with van der Waals surface area (Å²) in [4.78, 5) is 0. The van der Waals surface area contributed by atoms with Gasteiger partial charge < -0.3 is 4.74 Å². The Kier molecular flexibility index (Phi) is 7.58. The summed E-state index contributed by atoms with van der Waals surface area (Å²) in [6, 6.07) is 5.58. The maximum Gasteiger partial charge on any atom is 0.462 e. The van der Waals surface area contributed by atoms with E-state index in [2.05, 4.69) is 11.7 Å². The summed E-state index contributed by atoms with van der Waals surface area (Å²) in [6.07, 6.45) is -3.90. The molecule has 2 rings (SSSR count). The van der Waals surface area contributed by atoms with E-state index in [0.717, 1.165) is 5.56 Å². The first-order chi connectivity index (χ1) is 14.4. The number of hydrogen-bond donors (Lipinski definition) is 1. The third-order valence-electron chi connectivity index (χ3n) is 3.93. The molecule has 0 aromatic heterocycles. The van der Waals surface area contributed by atoms with Crippen LogP contribution in [-0.4, -0.2) is 24.4 Å². The molecule has 0 aliphatic rings. The summed E-state index contributed by atoms with van der Waals surface area (Å²) in [7, 11) is 0. The van der Waals surface area contributed by atoms with E-state index in [1.807, 2.05) is 0 Å². The van der Waals surface area contributed by atoms with Crippen molar-refractivity contribution in [3.8, 4) is 5.75 Å². The Morgan fingerprint density at radius 2 is 1.65 bits per heavy atom. The van der Waals surface area contributed by atoms with Gasteiger partial charge in [-0.15, -0.1) is 6.58 Å². The highest BCUT2D eigenvalue weighted by molar-refractivity contribution is 6.30. The van der Waals surface area contributed by atoms with Crippen LogP contribution in [0.25, 0.3) is 0 Å². The van der Waals surface area contributed by atoms with Gasteiger partial charge >= 0.3 is 18.1 Å². The molecule has 0 radical (unpaired) electrons. The van der Waals surface area contributed by atoms with Crippen molar-refractivity contribution in [2.75, 3.05) is 0 Å². The number of nitrogens with zero attached hydrogens (tertiary/aromatic N) is 1. The summed E-state index contributed by atoms with van der Waals surface area (Å²) in [5.74, 6) is -5.86. The number of allylic oxidation sites excluding steroid dienone is 1. The molecule has 0 heterocycles. The molecule has 0 atom stereocenters. The lowest BCUT2D eigenvalue weighted by atomic mass is 10.1. The topological polar surface area (TPSA) is 33.6 Å². The lowest BCUT2D eigenvalue weighted by Crippen LogP contribution is -2.58. The molecule has 0 saturated heterocycles. The number of nitrogens with one attached hydrogen (secondary N) is 1. The third-order valence-corrected chi connectivity index (χ3v) is 4.18. The van der Waals surface area contributed by atoms with Crippen LogP contribution < -0.4 is 10.2 Å². The zero-order valence-corrected chi connectivity index (χ0v) is 16.5. The first-order valence-electron chi connectivity index (χ1n) is 8.61. The van der Waals surface area contributed by atoms with Gasteiger partial charge in [-0.3, -0.25) is 0 Å². The first kappa shape index (κ1) is 24.5. The Hall–Kier alpha value is -2.75. The summed E-state index contributed by atoms with van der Waals surface area (Å²) >= 11 is 5.82. The Morgan fingerprint density at radius 1 is 1.00 bits per heavy atom. The van der Waals surface area contributed by atoms with Gasteiger partial charge in [0.2, 0.25) is 0 Å². The van der Waals surface area contributed by atoms with E-state index in [4.69, 9.17) is 16.3 Å². The van der Waals surface area contributed by atoms with Crippen LogP contribution in [0.3, 0.4) is 0 Å². The van der Waals surface area contributed by atoms with E-state index in [-0.39, 0.29) is 12.2 Å². The van der Waals surface area contributed by atoms with E-state index < -0.39 is 18.1 Å². The van der Waals surface area contributed by atoms with E-state index in [9.17, 15) is 30.7 Å². The number of alkyl halides is 7. The van der Waals surface area contributed by atoms with Crippen LogP contribution in [-0.2, 0) is 13.0 Å². The van der Waals surface area contributed by atoms with Gasteiger partial charge in [-0.1, -0.05) is 29.8 Å². The van der Waals surface area contributed by atoms with E-state index in [1.165, 1.54) is 18.2 Å². The minimum absolute atomic E-state index is 0.161. The molecule has 0 bridgehead atoms. The number of halogens is 8. The number of hydrogen-bond acceptors (Lipinski definition) is 3. The molecule has 0 spiro atoms. The van der Waals surface area contributed by atoms with Gasteiger partial charge in [-0.2, -0.15) is 35.8 Å². The fraction of sp³-hybridized carbons (Fsp3) is 0.250. The third kappa shape index (κ3) is 6.13. The molecule has 31 heavy (non-hydrogen) atoms. The Bertz CT molecular complexity index is 928. The SMILES string of the molecule is C=CCc1cc(/C=N/NC(F)(F)C(F)(F)C(F)(F)F)ccc1OCc1ccc(Cl)cc1. The largest absolute Gasteiger partial charge is 0.489 e. The molecule has 0 fully saturated rings. The van der Waals surface area contributed by atoms with Crippen molar-refractivity contribution in [3.63, 3.8) is 0 Å². The van der Waals surface area contributed by atoms with Crippen LogP contribution in [0.4, 0.5) is 30.7 Å². The molecule has 3 nitrogen and oxygen atoms in total. The molecular weight excluding hydrogens is 453 g/mol. The normalized spacial score (nSPS) is 12.8. The maximum absolute atomic E-state index is 13.2. The van der Waals surface area contributed by atoms with E-state index in [0.29, 0.717) is 34.4 Å². The summed E-state index contributed by atoms with van der Waals surface area (Å²) < 4.78 is 94.2. The molecule has 0 aliphatic heterocycles. The number of benzene rings is 2. The summed E-state index contributed by atoms with van der Waals surface area (Å²) in [5.41, 5.74) is 2.14. The fourth-order valence-electron chi connectivity index (χ4n) is 2.31. The minimum atomic E-state index is -6.45. The summed E-state index contributed by atoms with van der Waals surface area (Å²) in [6.45, 7) is 3.80. The highest BCUT2D eigenvalue weighted by Gasteiger charge is 2.73. The predicted molar refractivity (Wildman–Crippen MR) is 103 cm³/mol. The lowest BCUT2D eigenvalue weighted by Gasteiger charge is -2.27. The molecule has 0 amide bonds. The standard InChI is InChI=1S/C20H16ClF7N2O/c1-2-3-15-10-14(11-29-30-20(27,28)18(22,23)19(24,25)26)6-9-17(15)31-12-13-4-7-16(21)8-5-13/h2,4-11,30H,1,3,12H2/b29-11+. The average Bonchev–Trinajstić information content (AvgIpc) is 2.68. The second-order valence-corrected chi connectivity index (χ2v) is 6.73. The summed E-state index contributed by atoms with van der Waals surface area (Å²) in [5, 5.41) is 3.40. The van der Waals surface area contributed by atoms with Gasteiger partial charge in [-0.05, 0) is 53.4 Å². The number of hydrazone groups is 1. The van der Waals surface area contributed by atoms with Crippen molar-refractivity contribution in [1.29, 1.82) is 0 Å². The average molecular weight is 469 g/mol. The highest BCUT2D eigenvalue weighted by Crippen LogP contribution is 2.45. The zero-order valence-electron chi connectivity index (χ0n) is 15.7. The van der Waals surface area contributed by atoms with Gasteiger partial charge in [0.1, 0.15) is 12.4 Å². The molecule has 1 N–H and O–H groups in total. The van der Waals surface area contributed by atoms with Crippen LogP contribution in [0.5, 0.6) is 5.75 Å². The fourth-order valence-corrected chi connectivity index (χ4v) is 2.44. The van der Waals surface area contributed by atoms with Crippen LogP contribution in [0, 0.1) is 0 Å². The van der Waals surface area contributed by atoms with Crippen LogP contribution in [0.15, 0.2) is 60.2 Å². The van der Waals surface area contributed by atoms with Crippen molar-refractivity contribution in [2.24, 2.45) is 5.10 Å². The van der Waals surface area contributed by atoms with Gasteiger partial charge in [0.05, 0.1) is 6.21 Å². The first-order valence-corrected chi connectivity index (χ1v) is 8.99. The smallest absolute Gasteiger partial charge is 0.462 e. The molecule has 2 aromatic rings. The van der Waals surface area contributed by atoms with Gasteiger partial charge in [0.15, 0.2) is 0 Å². The number of rotatable bonds is 9. The molecule has 0 unspecified atom stereocenters. The van der Waals surface area contributed by atoms with Crippen molar-refractivity contribution < 1.29 is 35.5 Å². The minimum Gasteiger partial charge on any atom is -0.489 e. The molecule has 11 heteroatoms. The van der Waals surface area contributed by atoms with E-state index >= 15 is 0 Å². The van der Waals surface area contributed by atoms with E-state index in [1.54, 1.807) is 30.3 Å². The van der Waals surface area contributed by atoms with Crippen LogP contribution >= 0.6 is 11.6 Å². The molecular formula is C20H16ClF7N2O. The highest BCUT2D eigenvalue weighted by atomic mass is 35.5. The quantitative estimate of drug-likeness (QED) is 0.153. The zero-order chi connectivity index (χ0) is 23.3. The Balaban J connectivity index is 2.12. The molecule has 2 aromatic carbocycles. The van der Waals surface area contributed by atoms with Crippen molar-refractivity contribution in [3.05, 3.63) is 76.8 Å². The molecule has 0 aliphatic carbocycles. The van der Waals surface area contributed by atoms with Crippen molar-refractivity contribution in [2.45, 2.75) is 31.2 Å². The van der Waals surface area contributed by atoms with Gasteiger partial charge in [0, 0.05) is 5.02 Å². The molecule has 0 saturated carbocycles. The second kappa shape index (κ2) is 9.59. The number of ether oxygens (including phenoxy) is 1. The van der Waals surface area contributed by atoms with Gasteiger partial charge in [0.25, 0.3) is 0 Å². The Morgan fingerprint density at radius 3 is 2.23 bits per heavy atom. The van der Waals surface area contributed by atoms with Crippen molar-refractivity contribution in [1.82, 2.24) is 5.43 Å². The lowest BCUT2D eigenvalue weighted by molar-refractivity contribution is -0.361.